The first-order chi connectivity index (χ1) is 9.11. The van der Waals surface area contributed by atoms with Gasteiger partial charge in [-0.05, 0) is 25.5 Å². The van der Waals surface area contributed by atoms with Crippen LogP contribution in [0.3, 0.4) is 0 Å². The summed E-state index contributed by atoms with van der Waals surface area (Å²) in [6.07, 6.45) is 2.03. The van der Waals surface area contributed by atoms with Gasteiger partial charge in [0.25, 0.3) is 5.91 Å². The van der Waals surface area contributed by atoms with Gasteiger partial charge in [0.2, 0.25) is 0 Å². The van der Waals surface area contributed by atoms with Crippen LogP contribution in [0.1, 0.15) is 23.2 Å². The van der Waals surface area contributed by atoms with Crippen LogP contribution in [0, 0.1) is 0 Å². The molecule has 1 amide bonds. The van der Waals surface area contributed by atoms with Gasteiger partial charge in [0, 0.05) is 18.7 Å². The Hall–Kier alpha value is -0.970. The number of methoxy groups -OCH3 is 1. The lowest BCUT2D eigenvalue weighted by molar-refractivity contribution is 0.0927. The summed E-state index contributed by atoms with van der Waals surface area (Å²) in [6, 6.07) is 3.23. The monoisotopic (exact) mass is 302 g/mol. The van der Waals surface area contributed by atoms with E-state index in [0.29, 0.717) is 21.4 Å². The zero-order valence-corrected chi connectivity index (χ0v) is 12.1. The van der Waals surface area contributed by atoms with Crippen LogP contribution in [0.5, 0.6) is 5.75 Å². The van der Waals surface area contributed by atoms with Crippen molar-refractivity contribution in [3.63, 3.8) is 0 Å². The Morgan fingerprint density at radius 3 is 2.79 bits per heavy atom. The van der Waals surface area contributed by atoms with Gasteiger partial charge in [0.1, 0.15) is 5.75 Å². The molecule has 6 heteroatoms. The van der Waals surface area contributed by atoms with Gasteiger partial charge in [0.05, 0.1) is 22.7 Å². The molecule has 0 bridgehead atoms. The van der Waals surface area contributed by atoms with Gasteiger partial charge in [-0.3, -0.25) is 4.79 Å². The highest BCUT2D eigenvalue weighted by atomic mass is 35.5. The molecule has 0 saturated carbocycles. The topological polar surface area (TPSA) is 50.4 Å². The van der Waals surface area contributed by atoms with E-state index in [0.717, 1.165) is 25.9 Å². The average molecular weight is 303 g/mol. The molecule has 104 valence electrons. The zero-order valence-electron chi connectivity index (χ0n) is 10.6. The summed E-state index contributed by atoms with van der Waals surface area (Å²) in [7, 11) is 1.50. The summed E-state index contributed by atoms with van der Waals surface area (Å²) in [5.41, 5.74) is 0.405. The standard InChI is InChI=1S/C13H16Cl2N2O2/c1-19-12-6-11(15)10(14)5-9(12)13(18)17-8-3-2-4-16-7-8/h5-6,8,16H,2-4,7H2,1H3,(H,17,18)/t8-/m0/s1. The third-order valence-corrected chi connectivity index (χ3v) is 3.84. The molecule has 19 heavy (non-hydrogen) atoms. The van der Waals surface area contributed by atoms with Gasteiger partial charge in [0.15, 0.2) is 0 Å². The maximum Gasteiger partial charge on any atom is 0.255 e. The van der Waals surface area contributed by atoms with E-state index >= 15 is 0 Å². The zero-order chi connectivity index (χ0) is 13.8. The van der Waals surface area contributed by atoms with Gasteiger partial charge >= 0.3 is 0 Å². The average Bonchev–Trinajstić information content (AvgIpc) is 2.42. The highest BCUT2D eigenvalue weighted by Gasteiger charge is 2.20. The predicted octanol–water partition coefficient (Wildman–Crippen LogP) is 2.48. The first-order valence-corrected chi connectivity index (χ1v) is 6.92. The minimum atomic E-state index is -0.191. The van der Waals surface area contributed by atoms with E-state index in [4.69, 9.17) is 27.9 Å². The fourth-order valence-electron chi connectivity index (χ4n) is 2.11. The minimum Gasteiger partial charge on any atom is -0.496 e. The van der Waals surface area contributed by atoms with Gasteiger partial charge < -0.3 is 15.4 Å². The minimum absolute atomic E-state index is 0.139. The third kappa shape index (κ3) is 3.53. The third-order valence-electron chi connectivity index (χ3n) is 3.12. The Labute approximate surface area is 122 Å². The molecule has 1 aliphatic heterocycles. The number of amides is 1. The Balaban J connectivity index is 2.15. The fraction of sp³-hybridized carbons (Fsp3) is 0.462. The normalized spacial score (nSPS) is 19.0. The molecule has 0 unspecified atom stereocenters. The number of carbonyl (C=O) groups excluding carboxylic acids is 1. The maximum absolute atomic E-state index is 12.2. The lowest BCUT2D eigenvalue weighted by Crippen LogP contribution is -2.45. The van der Waals surface area contributed by atoms with Crippen molar-refractivity contribution < 1.29 is 9.53 Å². The van der Waals surface area contributed by atoms with Crippen LogP contribution in [0.25, 0.3) is 0 Å². The number of halogens is 2. The number of carbonyl (C=O) groups is 1. The van der Waals surface area contributed by atoms with Crippen LogP contribution >= 0.6 is 23.2 Å². The number of rotatable bonds is 3. The smallest absolute Gasteiger partial charge is 0.255 e. The van der Waals surface area contributed by atoms with Crippen LogP contribution < -0.4 is 15.4 Å². The van der Waals surface area contributed by atoms with Crippen molar-refractivity contribution in [2.45, 2.75) is 18.9 Å². The fourth-order valence-corrected chi connectivity index (χ4v) is 2.43. The summed E-state index contributed by atoms with van der Waals surface area (Å²) in [5, 5.41) is 6.93. The summed E-state index contributed by atoms with van der Waals surface area (Å²) >= 11 is 11.9. The molecule has 1 aromatic carbocycles. The molecule has 0 aliphatic carbocycles. The number of nitrogens with one attached hydrogen (secondary N) is 2. The first-order valence-electron chi connectivity index (χ1n) is 6.16. The Kier molecular flexibility index (Phi) is 4.91. The van der Waals surface area contributed by atoms with Crippen molar-refractivity contribution in [3.8, 4) is 5.75 Å². The quantitative estimate of drug-likeness (QED) is 0.902. The molecule has 1 fully saturated rings. The van der Waals surface area contributed by atoms with Crippen molar-refractivity contribution >= 4 is 29.1 Å². The molecule has 1 aliphatic rings. The lowest BCUT2D eigenvalue weighted by Gasteiger charge is -2.24. The van der Waals surface area contributed by atoms with Crippen LogP contribution in [0.15, 0.2) is 12.1 Å². The highest BCUT2D eigenvalue weighted by molar-refractivity contribution is 6.42. The van der Waals surface area contributed by atoms with Crippen molar-refractivity contribution in [1.29, 1.82) is 0 Å². The largest absolute Gasteiger partial charge is 0.496 e. The van der Waals surface area contributed by atoms with E-state index in [9.17, 15) is 4.79 Å². The van der Waals surface area contributed by atoms with Crippen LogP contribution in [0.4, 0.5) is 0 Å². The molecule has 1 saturated heterocycles. The molecular weight excluding hydrogens is 287 g/mol. The second kappa shape index (κ2) is 6.46. The molecule has 0 aromatic heterocycles. The molecule has 1 atom stereocenters. The number of hydrogen-bond donors (Lipinski definition) is 2. The number of piperidine rings is 1. The van der Waals surface area contributed by atoms with E-state index in [1.807, 2.05) is 0 Å². The van der Waals surface area contributed by atoms with E-state index in [1.54, 1.807) is 6.07 Å². The Morgan fingerprint density at radius 1 is 1.42 bits per heavy atom. The van der Waals surface area contributed by atoms with Crippen LogP contribution in [-0.4, -0.2) is 32.1 Å². The van der Waals surface area contributed by atoms with Crippen molar-refractivity contribution in [2.75, 3.05) is 20.2 Å². The summed E-state index contributed by atoms with van der Waals surface area (Å²) < 4.78 is 5.17. The second-order valence-corrected chi connectivity index (χ2v) is 5.30. The summed E-state index contributed by atoms with van der Waals surface area (Å²) in [4.78, 5) is 12.2. The Morgan fingerprint density at radius 2 is 2.16 bits per heavy atom. The Bertz CT molecular complexity index is 474. The number of hydrogen-bond acceptors (Lipinski definition) is 3. The number of benzene rings is 1. The van der Waals surface area contributed by atoms with Crippen LogP contribution in [0.2, 0.25) is 10.0 Å². The second-order valence-electron chi connectivity index (χ2n) is 4.48. The van der Waals surface area contributed by atoms with Gasteiger partial charge in [-0.15, -0.1) is 0 Å². The van der Waals surface area contributed by atoms with Crippen LogP contribution in [-0.2, 0) is 0 Å². The van der Waals surface area contributed by atoms with E-state index in [1.165, 1.54) is 13.2 Å². The molecule has 1 aromatic rings. The lowest BCUT2D eigenvalue weighted by atomic mass is 10.1. The SMILES string of the molecule is COc1cc(Cl)c(Cl)cc1C(=O)N[C@H]1CCCNC1. The summed E-state index contributed by atoms with van der Waals surface area (Å²) in [5.74, 6) is 0.236. The number of ether oxygens (including phenoxy) is 1. The van der Waals surface area contributed by atoms with Gasteiger partial charge in [-0.25, -0.2) is 0 Å². The first kappa shape index (κ1) is 14.4. The van der Waals surface area contributed by atoms with E-state index < -0.39 is 0 Å². The van der Waals surface area contributed by atoms with Crippen molar-refractivity contribution in [1.82, 2.24) is 10.6 Å². The van der Waals surface area contributed by atoms with Gasteiger partial charge in [-0.1, -0.05) is 23.2 Å². The van der Waals surface area contributed by atoms with Crippen molar-refractivity contribution in [3.05, 3.63) is 27.7 Å². The molecule has 2 N–H and O–H groups in total. The molecule has 4 nitrogen and oxygen atoms in total. The molecule has 1 heterocycles. The molecule has 0 spiro atoms. The summed E-state index contributed by atoms with van der Waals surface area (Å²) in [6.45, 7) is 1.79. The van der Waals surface area contributed by atoms with E-state index in [-0.39, 0.29) is 11.9 Å². The maximum atomic E-state index is 12.2. The van der Waals surface area contributed by atoms with Crippen molar-refractivity contribution in [2.24, 2.45) is 0 Å². The molecule has 0 radical (unpaired) electrons. The van der Waals surface area contributed by atoms with E-state index in [2.05, 4.69) is 10.6 Å². The molecular formula is C13H16Cl2N2O2. The highest BCUT2D eigenvalue weighted by Crippen LogP contribution is 2.30. The predicted molar refractivity (Wildman–Crippen MR) is 76.4 cm³/mol. The molecule has 2 rings (SSSR count). The van der Waals surface area contributed by atoms with Gasteiger partial charge in [-0.2, -0.15) is 0 Å².